The molecule has 0 atom stereocenters. The number of phenolic OH excluding ortho intramolecular Hbond substituents is 1. The van der Waals surface area contributed by atoms with Gasteiger partial charge in [0.25, 0.3) is 5.91 Å². The summed E-state index contributed by atoms with van der Waals surface area (Å²) in [6, 6.07) is 15.6. The monoisotopic (exact) mass is 477 g/mol. The van der Waals surface area contributed by atoms with Gasteiger partial charge in [-0.05, 0) is 64.6 Å². The third kappa shape index (κ3) is 5.86. The summed E-state index contributed by atoms with van der Waals surface area (Å²) in [6.07, 6.45) is 1.99. The maximum absolute atomic E-state index is 13.1. The number of hydrogen-bond acceptors (Lipinski definition) is 4. The number of amides is 1. The maximum atomic E-state index is 13.1. The molecule has 0 bridgehead atoms. The molecule has 1 heterocycles. The molecule has 180 valence electrons. The normalized spacial score (nSPS) is 11.8. The van der Waals surface area contributed by atoms with E-state index in [1.165, 1.54) is 6.34 Å². The van der Waals surface area contributed by atoms with Gasteiger partial charge in [-0.1, -0.05) is 53.7 Å². The number of anilines is 2. The smallest absolute Gasteiger partial charge is 0.251 e. The highest BCUT2D eigenvalue weighted by Gasteiger charge is 2.27. The minimum Gasteiger partial charge on any atom is -0.507 e. The summed E-state index contributed by atoms with van der Waals surface area (Å²) in [6.45, 7) is 12.7. The molecule has 3 N–H and O–H groups in total. The highest BCUT2D eigenvalue weighted by molar-refractivity contribution is 7.14. The highest BCUT2D eigenvalue weighted by Crippen LogP contribution is 2.39. The summed E-state index contributed by atoms with van der Waals surface area (Å²) in [5.74, 6) is 0.127. The predicted molar refractivity (Wildman–Crippen MR) is 143 cm³/mol. The van der Waals surface area contributed by atoms with Gasteiger partial charge in [-0.15, -0.1) is 11.3 Å². The van der Waals surface area contributed by atoms with Crippen LogP contribution in [0.5, 0.6) is 5.75 Å². The second kappa shape index (κ2) is 10.0. The third-order valence-electron chi connectivity index (χ3n) is 5.75. The van der Waals surface area contributed by atoms with Crippen molar-refractivity contribution in [1.29, 1.82) is 5.41 Å². The lowest BCUT2D eigenvalue weighted by Gasteiger charge is -2.28. The number of rotatable bonds is 7. The molecule has 0 unspecified atom stereocenters. The van der Waals surface area contributed by atoms with Gasteiger partial charge in [0.1, 0.15) is 10.8 Å². The van der Waals surface area contributed by atoms with E-state index in [2.05, 4.69) is 5.32 Å². The van der Waals surface area contributed by atoms with Gasteiger partial charge in [0.15, 0.2) is 0 Å². The molecule has 6 heteroatoms. The number of aromatic hydroxyl groups is 1. The van der Waals surface area contributed by atoms with E-state index in [-0.39, 0.29) is 22.5 Å². The van der Waals surface area contributed by atoms with E-state index in [4.69, 9.17) is 5.41 Å². The van der Waals surface area contributed by atoms with Crippen LogP contribution in [0.3, 0.4) is 0 Å². The van der Waals surface area contributed by atoms with Gasteiger partial charge in [0.05, 0.1) is 6.34 Å². The van der Waals surface area contributed by atoms with Crippen molar-refractivity contribution in [2.45, 2.75) is 58.8 Å². The van der Waals surface area contributed by atoms with Crippen molar-refractivity contribution in [3.05, 3.63) is 76.2 Å². The SMILES string of the molecule is CC(C)(C)c1cc(C(=O)NCCc2cccc(N(C=N)c3cccs3)c2)cc(C(C)(C)C)c1O. The van der Waals surface area contributed by atoms with Crippen molar-refractivity contribution in [3.8, 4) is 5.75 Å². The van der Waals surface area contributed by atoms with Gasteiger partial charge in [0, 0.05) is 28.9 Å². The molecule has 2 aromatic carbocycles. The van der Waals surface area contributed by atoms with E-state index in [1.54, 1.807) is 11.3 Å². The number of hydrogen-bond donors (Lipinski definition) is 3. The fraction of sp³-hybridized carbons (Fsp3) is 0.357. The molecule has 1 amide bonds. The lowest BCUT2D eigenvalue weighted by molar-refractivity contribution is 0.0954. The first-order valence-electron chi connectivity index (χ1n) is 11.5. The van der Waals surface area contributed by atoms with Crippen LogP contribution >= 0.6 is 11.3 Å². The minimum atomic E-state index is -0.288. The zero-order valence-corrected chi connectivity index (χ0v) is 21.7. The second-order valence-electron chi connectivity index (χ2n) is 10.5. The van der Waals surface area contributed by atoms with Crippen molar-refractivity contribution in [2.75, 3.05) is 11.4 Å². The molecular formula is C28H35N3O2S. The summed E-state index contributed by atoms with van der Waals surface area (Å²) in [7, 11) is 0. The van der Waals surface area contributed by atoms with E-state index in [1.807, 2.05) is 100 Å². The summed E-state index contributed by atoms with van der Waals surface area (Å²) < 4.78 is 0. The van der Waals surface area contributed by atoms with E-state index in [0.717, 1.165) is 27.4 Å². The topological polar surface area (TPSA) is 76.4 Å². The van der Waals surface area contributed by atoms with E-state index in [0.29, 0.717) is 18.5 Å². The molecule has 0 radical (unpaired) electrons. The predicted octanol–water partition coefficient (Wildman–Crippen LogP) is 6.77. The van der Waals surface area contributed by atoms with Crippen molar-refractivity contribution in [3.63, 3.8) is 0 Å². The Kier molecular flexibility index (Phi) is 7.51. The number of phenols is 1. The quantitative estimate of drug-likeness (QED) is 0.260. The van der Waals surface area contributed by atoms with Crippen molar-refractivity contribution in [1.82, 2.24) is 5.32 Å². The molecule has 0 saturated carbocycles. The maximum Gasteiger partial charge on any atom is 0.251 e. The summed E-state index contributed by atoms with van der Waals surface area (Å²) in [5, 5.41) is 24.7. The lowest BCUT2D eigenvalue weighted by Crippen LogP contribution is -2.27. The standard InChI is InChI=1S/C28H35N3O2S/c1-27(2,3)22-16-20(17-23(25(22)32)28(4,5)6)26(33)30-13-12-19-9-7-10-21(15-19)31(18-29)24-11-8-14-34-24/h7-11,14-18,29,32H,12-13H2,1-6H3,(H,30,33). The van der Waals surface area contributed by atoms with Crippen LogP contribution in [-0.2, 0) is 17.3 Å². The number of carbonyl (C=O) groups excluding carboxylic acids is 1. The molecule has 3 aromatic rings. The van der Waals surface area contributed by atoms with Gasteiger partial charge in [-0.3, -0.25) is 15.1 Å². The molecule has 0 aliphatic heterocycles. The van der Waals surface area contributed by atoms with Crippen LogP contribution in [-0.4, -0.2) is 23.9 Å². The van der Waals surface area contributed by atoms with Crippen molar-refractivity contribution < 1.29 is 9.90 Å². The Balaban J connectivity index is 1.75. The highest BCUT2D eigenvalue weighted by atomic mass is 32.1. The summed E-state index contributed by atoms with van der Waals surface area (Å²) in [5.41, 5.74) is 3.54. The molecule has 5 nitrogen and oxygen atoms in total. The van der Waals surface area contributed by atoms with Gasteiger partial charge < -0.3 is 10.4 Å². The number of carbonyl (C=O) groups is 1. The van der Waals surface area contributed by atoms with E-state index < -0.39 is 0 Å². The first-order valence-corrected chi connectivity index (χ1v) is 12.4. The molecule has 0 aliphatic rings. The molecule has 34 heavy (non-hydrogen) atoms. The second-order valence-corrected chi connectivity index (χ2v) is 11.5. The Bertz CT molecular complexity index is 1120. The zero-order chi connectivity index (χ0) is 25.1. The molecule has 3 rings (SSSR count). The van der Waals surface area contributed by atoms with Crippen molar-refractivity contribution in [2.24, 2.45) is 0 Å². The molecule has 1 aromatic heterocycles. The van der Waals surface area contributed by atoms with Crippen LogP contribution in [0.4, 0.5) is 10.7 Å². The number of nitrogens with one attached hydrogen (secondary N) is 2. The Morgan fingerprint density at radius 1 is 1.03 bits per heavy atom. The van der Waals surface area contributed by atoms with E-state index >= 15 is 0 Å². The Labute approximate surface area is 207 Å². The molecule has 0 aliphatic carbocycles. The largest absolute Gasteiger partial charge is 0.507 e. The Morgan fingerprint density at radius 3 is 2.21 bits per heavy atom. The van der Waals surface area contributed by atoms with Crippen LogP contribution in [0.15, 0.2) is 53.9 Å². The average molecular weight is 478 g/mol. The van der Waals surface area contributed by atoms with Gasteiger partial charge in [-0.25, -0.2) is 0 Å². The minimum absolute atomic E-state index is 0.146. The average Bonchev–Trinajstić information content (AvgIpc) is 3.27. The van der Waals surface area contributed by atoms with Gasteiger partial charge in [0.2, 0.25) is 0 Å². The first kappa shape index (κ1) is 25.5. The number of thiophene rings is 1. The Morgan fingerprint density at radius 2 is 1.68 bits per heavy atom. The number of benzene rings is 2. The van der Waals surface area contributed by atoms with Crippen LogP contribution < -0.4 is 10.2 Å². The fourth-order valence-electron chi connectivity index (χ4n) is 3.87. The van der Waals surface area contributed by atoms with Crippen LogP contribution in [0.1, 0.15) is 68.6 Å². The lowest BCUT2D eigenvalue weighted by atomic mass is 9.78. The first-order chi connectivity index (χ1) is 15.9. The zero-order valence-electron chi connectivity index (χ0n) is 20.9. The third-order valence-corrected chi connectivity index (χ3v) is 6.62. The van der Waals surface area contributed by atoms with Gasteiger partial charge in [-0.2, -0.15) is 0 Å². The van der Waals surface area contributed by atoms with Gasteiger partial charge >= 0.3 is 0 Å². The van der Waals surface area contributed by atoms with Crippen LogP contribution in [0, 0.1) is 5.41 Å². The van der Waals surface area contributed by atoms with Crippen LogP contribution in [0.25, 0.3) is 0 Å². The molecular weight excluding hydrogens is 442 g/mol. The van der Waals surface area contributed by atoms with Crippen LogP contribution in [0.2, 0.25) is 0 Å². The molecule has 0 spiro atoms. The molecule has 0 fully saturated rings. The summed E-state index contributed by atoms with van der Waals surface area (Å²) in [4.78, 5) is 14.9. The fourth-order valence-corrected chi connectivity index (χ4v) is 4.59. The Hall–Kier alpha value is -3.12. The number of nitrogens with zero attached hydrogens (tertiary/aromatic N) is 1. The summed E-state index contributed by atoms with van der Waals surface area (Å²) >= 11 is 1.58. The van der Waals surface area contributed by atoms with E-state index in [9.17, 15) is 9.90 Å². The van der Waals surface area contributed by atoms with Crippen molar-refractivity contribution >= 4 is 34.3 Å². The molecule has 0 saturated heterocycles.